The van der Waals surface area contributed by atoms with Crippen LogP contribution in [0.2, 0.25) is 0 Å². The van der Waals surface area contributed by atoms with E-state index in [1.54, 1.807) is 19.3 Å². The zero-order valence-corrected chi connectivity index (χ0v) is 23.6. The first-order valence-electron chi connectivity index (χ1n) is 13.8. The summed E-state index contributed by atoms with van der Waals surface area (Å²) in [5.41, 5.74) is 1.31. The van der Waals surface area contributed by atoms with Crippen molar-refractivity contribution in [2.24, 2.45) is 0 Å². The fourth-order valence-electron chi connectivity index (χ4n) is 5.15. The van der Waals surface area contributed by atoms with Crippen LogP contribution in [0.5, 0.6) is 23.0 Å². The van der Waals surface area contributed by atoms with Crippen molar-refractivity contribution >= 4 is 33.7 Å². The average molecular weight is 556 g/mol. The highest BCUT2D eigenvalue weighted by molar-refractivity contribution is 6.07. The second-order valence-corrected chi connectivity index (χ2v) is 11.5. The lowest BCUT2D eigenvalue weighted by Crippen LogP contribution is -2.44. The molecule has 0 saturated heterocycles. The molecule has 212 valence electrons. The lowest BCUT2D eigenvalue weighted by Gasteiger charge is -2.24. The zero-order valence-electron chi connectivity index (χ0n) is 23.6. The molecule has 0 atom stereocenters. The molecule has 2 aliphatic rings. The van der Waals surface area contributed by atoms with E-state index < -0.39 is 17.2 Å². The number of carbonyl (C=O) groups excluding carboxylic acids is 2. The Balaban J connectivity index is 1.26. The Kier molecular flexibility index (Phi) is 6.60. The van der Waals surface area contributed by atoms with Gasteiger partial charge in [-0.05, 0) is 74.7 Å². The minimum atomic E-state index is -0.569. The highest BCUT2D eigenvalue weighted by Gasteiger charge is 2.46. The Labute approximate surface area is 238 Å². The SMILES string of the molecule is CNC(=O)c1cccc2cc(Oc3ccnc4cc(OCC5(NC(=O)OC(C)(C)C)CC5)c5c(c34)CCO5)ccc12. The third-order valence-corrected chi connectivity index (χ3v) is 7.28. The molecule has 0 bridgehead atoms. The summed E-state index contributed by atoms with van der Waals surface area (Å²) in [5, 5.41) is 8.29. The van der Waals surface area contributed by atoms with Crippen molar-refractivity contribution in [2.75, 3.05) is 20.3 Å². The van der Waals surface area contributed by atoms with Crippen molar-refractivity contribution in [2.45, 2.75) is 51.2 Å². The standard InChI is InChI=1S/C32H33N3O6/c1-31(2,3)41-30(37)35-32(12-13-32)18-39-26-17-24-27(23-11-15-38-28(23)26)25(10-14-34-24)40-20-8-9-21-19(16-20)6-5-7-22(21)29(36)33-4/h5-10,14,16-17H,11-13,15,18H2,1-4H3,(H,33,36)(H,35,37). The highest BCUT2D eigenvalue weighted by atomic mass is 16.6. The predicted molar refractivity (Wildman–Crippen MR) is 155 cm³/mol. The smallest absolute Gasteiger partial charge is 0.408 e. The summed E-state index contributed by atoms with van der Waals surface area (Å²) in [6.45, 7) is 6.35. The summed E-state index contributed by atoms with van der Waals surface area (Å²) < 4.78 is 24.1. The van der Waals surface area contributed by atoms with Gasteiger partial charge >= 0.3 is 6.09 Å². The molecule has 0 spiro atoms. The summed E-state index contributed by atoms with van der Waals surface area (Å²) in [5.74, 6) is 2.45. The van der Waals surface area contributed by atoms with E-state index in [4.69, 9.17) is 18.9 Å². The Morgan fingerprint density at radius 2 is 1.90 bits per heavy atom. The Hall–Kier alpha value is -4.53. The molecule has 41 heavy (non-hydrogen) atoms. The number of carbonyl (C=O) groups is 2. The molecular weight excluding hydrogens is 522 g/mol. The van der Waals surface area contributed by atoms with Crippen LogP contribution in [0.25, 0.3) is 21.7 Å². The third-order valence-electron chi connectivity index (χ3n) is 7.28. The second kappa shape index (κ2) is 10.1. The van der Waals surface area contributed by atoms with E-state index in [0.717, 1.165) is 40.1 Å². The fraction of sp³-hybridized carbons (Fsp3) is 0.344. The van der Waals surface area contributed by atoms with E-state index in [9.17, 15) is 9.59 Å². The maximum absolute atomic E-state index is 12.4. The maximum Gasteiger partial charge on any atom is 0.408 e. The molecule has 3 aromatic carbocycles. The van der Waals surface area contributed by atoms with E-state index >= 15 is 0 Å². The number of ether oxygens (including phenoxy) is 4. The van der Waals surface area contributed by atoms with E-state index in [1.165, 1.54) is 0 Å². The fourth-order valence-corrected chi connectivity index (χ4v) is 5.15. The molecule has 4 aromatic rings. The van der Waals surface area contributed by atoms with E-state index in [1.807, 2.05) is 63.2 Å². The number of aromatic nitrogens is 1. The van der Waals surface area contributed by atoms with Gasteiger partial charge in [-0.25, -0.2) is 4.79 Å². The molecule has 9 nitrogen and oxygen atoms in total. The molecule has 2 amide bonds. The normalized spacial score (nSPS) is 15.1. The van der Waals surface area contributed by atoms with Crippen molar-refractivity contribution in [1.29, 1.82) is 0 Å². The highest BCUT2D eigenvalue weighted by Crippen LogP contribution is 2.46. The number of pyridine rings is 1. The maximum atomic E-state index is 12.4. The van der Waals surface area contributed by atoms with Gasteiger partial charge in [-0.1, -0.05) is 12.1 Å². The van der Waals surface area contributed by atoms with Gasteiger partial charge in [0.05, 0.1) is 23.0 Å². The number of fused-ring (bicyclic) bond motifs is 4. The van der Waals surface area contributed by atoms with Gasteiger partial charge in [0.25, 0.3) is 5.91 Å². The number of benzene rings is 3. The molecule has 1 fully saturated rings. The van der Waals surface area contributed by atoms with E-state index in [2.05, 4.69) is 15.6 Å². The molecule has 6 rings (SSSR count). The topological polar surface area (TPSA) is 108 Å². The third kappa shape index (κ3) is 5.44. The number of rotatable bonds is 7. The molecule has 2 heterocycles. The van der Waals surface area contributed by atoms with E-state index in [-0.39, 0.29) is 5.91 Å². The Bertz CT molecular complexity index is 1670. The monoisotopic (exact) mass is 555 g/mol. The van der Waals surface area contributed by atoms with Crippen molar-refractivity contribution < 1.29 is 28.5 Å². The van der Waals surface area contributed by atoms with Crippen LogP contribution in [0.4, 0.5) is 4.79 Å². The minimum Gasteiger partial charge on any atom is -0.489 e. The molecule has 1 aliphatic heterocycles. The number of hydrogen-bond acceptors (Lipinski definition) is 7. The van der Waals surface area contributed by atoms with Crippen LogP contribution in [-0.4, -0.2) is 48.4 Å². The first-order chi connectivity index (χ1) is 19.6. The van der Waals surface area contributed by atoms with Crippen LogP contribution >= 0.6 is 0 Å². The van der Waals surface area contributed by atoms with Gasteiger partial charge in [0, 0.05) is 36.9 Å². The van der Waals surface area contributed by atoms with Crippen LogP contribution in [-0.2, 0) is 11.2 Å². The van der Waals surface area contributed by atoms with Crippen LogP contribution in [0.1, 0.15) is 49.5 Å². The lowest BCUT2D eigenvalue weighted by atomic mass is 10.0. The molecule has 1 aliphatic carbocycles. The summed E-state index contributed by atoms with van der Waals surface area (Å²) in [7, 11) is 1.62. The first kappa shape index (κ1) is 26.7. The second-order valence-electron chi connectivity index (χ2n) is 11.5. The van der Waals surface area contributed by atoms with Gasteiger partial charge in [-0.3, -0.25) is 9.78 Å². The van der Waals surface area contributed by atoms with Crippen LogP contribution in [0, 0.1) is 0 Å². The summed E-state index contributed by atoms with van der Waals surface area (Å²) >= 11 is 0. The van der Waals surface area contributed by atoms with Gasteiger partial charge in [0.15, 0.2) is 11.5 Å². The van der Waals surface area contributed by atoms with Gasteiger partial charge in [-0.15, -0.1) is 0 Å². The molecule has 0 unspecified atom stereocenters. The molecule has 1 saturated carbocycles. The van der Waals surface area contributed by atoms with Crippen molar-refractivity contribution in [1.82, 2.24) is 15.6 Å². The van der Waals surface area contributed by atoms with Gasteiger partial charge in [0.2, 0.25) is 0 Å². The lowest BCUT2D eigenvalue weighted by molar-refractivity contribution is 0.0476. The van der Waals surface area contributed by atoms with Crippen molar-refractivity contribution in [3.05, 3.63) is 65.9 Å². The van der Waals surface area contributed by atoms with Crippen LogP contribution in [0.15, 0.2) is 54.7 Å². The van der Waals surface area contributed by atoms with Crippen LogP contribution < -0.4 is 24.8 Å². The zero-order chi connectivity index (χ0) is 28.8. The summed E-state index contributed by atoms with van der Waals surface area (Å²) in [6.07, 6.45) is 3.59. The van der Waals surface area contributed by atoms with Crippen molar-refractivity contribution in [3.63, 3.8) is 0 Å². The molecule has 9 heteroatoms. The molecule has 1 aromatic heterocycles. The van der Waals surface area contributed by atoms with Gasteiger partial charge in [-0.2, -0.15) is 0 Å². The quantitative estimate of drug-likeness (QED) is 0.292. The number of nitrogens with one attached hydrogen (secondary N) is 2. The Morgan fingerprint density at radius 3 is 2.66 bits per heavy atom. The molecular formula is C32H33N3O6. The predicted octanol–water partition coefficient (Wildman–Crippen LogP) is 5.91. The van der Waals surface area contributed by atoms with Gasteiger partial charge < -0.3 is 29.6 Å². The largest absolute Gasteiger partial charge is 0.489 e. The average Bonchev–Trinajstić information content (AvgIpc) is 3.50. The van der Waals surface area contributed by atoms with Gasteiger partial charge in [0.1, 0.15) is 23.7 Å². The number of nitrogens with zero attached hydrogens (tertiary/aromatic N) is 1. The number of hydrogen-bond donors (Lipinski definition) is 2. The Morgan fingerprint density at radius 1 is 1.07 bits per heavy atom. The summed E-state index contributed by atoms with van der Waals surface area (Å²) in [4.78, 5) is 29.3. The van der Waals surface area contributed by atoms with Crippen molar-refractivity contribution in [3.8, 4) is 23.0 Å². The number of alkyl carbamates (subject to hydrolysis) is 1. The minimum absolute atomic E-state index is 0.133. The summed E-state index contributed by atoms with van der Waals surface area (Å²) in [6, 6.07) is 15.0. The molecule has 0 radical (unpaired) electrons. The first-order valence-corrected chi connectivity index (χ1v) is 13.8. The van der Waals surface area contributed by atoms with E-state index in [0.29, 0.717) is 48.2 Å². The number of amides is 2. The van der Waals surface area contributed by atoms with Crippen LogP contribution in [0.3, 0.4) is 0 Å². The molecule has 2 N–H and O–H groups in total.